The van der Waals surface area contributed by atoms with Gasteiger partial charge in [0, 0.05) is 17.7 Å². The molecule has 0 fully saturated rings. The first kappa shape index (κ1) is 9.43. The Kier molecular flexibility index (Phi) is 2.17. The van der Waals surface area contributed by atoms with Gasteiger partial charge in [-0.15, -0.1) is 0 Å². The van der Waals surface area contributed by atoms with Crippen LogP contribution in [0.5, 0.6) is 0 Å². The van der Waals surface area contributed by atoms with Crippen molar-refractivity contribution in [2.45, 2.75) is 0 Å². The topological polar surface area (TPSA) is 37.3 Å². The maximum Gasteiger partial charge on any atom is 0.524 e. The van der Waals surface area contributed by atoms with Crippen molar-refractivity contribution in [2.75, 3.05) is 5.45 Å². The highest BCUT2D eigenvalue weighted by Crippen LogP contribution is 2.36. The van der Waals surface area contributed by atoms with E-state index in [0.29, 0.717) is 5.45 Å². The first-order chi connectivity index (χ1) is 6.70. The van der Waals surface area contributed by atoms with Gasteiger partial charge in [-0.05, 0) is 22.0 Å². The lowest BCUT2D eigenvalue weighted by molar-refractivity contribution is 0.170. The minimum Gasteiger partial charge on any atom is -0.435 e. The maximum atomic E-state index is 11.2. The number of nitrogens with zero attached hydrogens (tertiary/aromatic N) is 1. The Morgan fingerprint density at radius 1 is 1.43 bits per heavy atom. The Bertz CT molecular complexity index is 416. The molecule has 2 rings (SSSR count). The third-order valence-electron chi connectivity index (χ3n) is 2.41. The third-order valence-corrected chi connectivity index (χ3v) is 3.20. The number of fused-ring (bicyclic) bond motifs is 1. The predicted octanol–water partition coefficient (Wildman–Crippen LogP) is 3.01. The molecule has 0 saturated carbocycles. The Labute approximate surface area is 90.0 Å². The van der Waals surface area contributed by atoms with E-state index < -0.39 is 6.09 Å². The molecule has 1 aliphatic heterocycles. The Morgan fingerprint density at radius 3 is 2.79 bits per heavy atom. The van der Waals surface area contributed by atoms with Crippen LogP contribution in [0.15, 0.2) is 30.5 Å². The molecule has 1 heterocycles. The average Bonchev–Trinajstić information content (AvgIpc) is 2.57. The van der Waals surface area contributed by atoms with Gasteiger partial charge < -0.3 is 5.11 Å². The van der Waals surface area contributed by atoms with Crippen molar-refractivity contribution in [1.82, 2.24) is 4.48 Å². The summed E-state index contributed by atoms with van der Waals surface area (Å²) in [6.45, 7) is 0. The molecule has 4 heteroatoms. The normalized spacial score (nSPS) is 23.5. The Morgan fingerprint density at radius 2 is 2.14 bits per heavy atom. The summed E-state index contributed by atoms with van der Waals surface area (Å²) in [6, 6.07) is 7.51. The zero-order chi connectivity index (χ0) is 10.2. The molecular formula is C10H9BrNO2+. The third kappa shape index (κ3) is 1.11. The van der Waals surface area contributed by atoms with Gasteiger partial charge in [0.2, 0.25) is 0 Å². The van der Waals surface area contributed by atoms with Crippen LogP contribution in [0.3, 0.4) is 0 Å². The summed E-state index contributed by atoms with van der Waals surface area (Å²) in [7, 11) is 0. The van der Waals surface area contributed by atoms with Gasteiger partial charge in [-0.3, -0.25) is 0 Å². The van der Waals surface area contributed by atoms with Crippen molar-refractivity contribution in [3.05, 3.63) is 36.0 Å². The lowest BCUT2D eigenvalue weighted by atomic mass is 10.2. The van der Waals surface area contributed by atoms with Gasteiger partial charge in [-0.25, -0.2) is 0 Å². The lowest BCUT2D eigenvalue weighted by Crippen LogP contribution is -2.46. The Balaban J connectivity index is 2.61. The van der Waals surface area contributed by atoms with Gasteiger partial charge in [0.15, 0.2) is 11.1 Å². The number of rotatable bonds is 1. The van der Waals surface area contributed by atoms with Crippen molar-refractivity contribution in [3.8, 4) is 0 Å². The number of alkyl halides is 1. The number of benzene rings is 1. The average molecular weight is 255 g/mol. The fraction of sp³-hybridized carbons (Fsp3) is 0.100. The Hall–Kier alpha value is -1.13. The van der Waals surface area contributed by atoms with Crippen molar-refractivity contribution in [2.24, 2.45) is 0 Å². The number of quaternary nitrogens is 1. The first-order valence-electron chi connectivity index (χ1n) is 4.17. The molecule has 0 aromatic heterocycles. The summed E-state index contributed by atoms with van der Waals surface area (Å²) in [5.41, 5.74) is 2.11. The van der Waals surface area contributed by atoms with Gasteiger partial charge in [0.05, 0.1) is 0 Å². The number of halogens is 1. The second-order valence-corrected chi connectivity index (χ2v) is 3.65. The molecule has 1 atom stereocenters. The molecule has 1 aromatic carbocycles. The standard InChI is InChI=1S/C10H8BrNO2/c11-7-12(10(13)14)6-5-8-3-1-2-4-9(8)12/h1-6H,7H2/p+1. The molecule has 0 saturated heterocycles. The van der Waals surface area contributed by atoms with E-state index in [1.807, 2.05) is 30.3 Å². The van der Waals surface area contributed by atoms with Crippen molar-refractivity contribution >= 4 is 33.8 Å². The van der Waals surface area contributed by atoms with E-state index in [0.717, 1.165) is 11.3 Å². The van der Waals surface area contributed by atoms with Crippen molar-refractivity contribution < 1.29 is 9.90 Å². The highest BCUT2D eigenvalue weighted by Gasteiger charge is 2.41. The highest BCUT2D eigenvalue weighted by molar-refractivity contribution is 9.09. The van der Waals surface area contributed by atoms with Crippen LogP contribution in [0.25, 0.3) is 6.08 Å². The number of carbonyl (C=O) groups is 1. The van der Waals surface area contributed by atoms with E-state index >= 15 is 0 Å². The van der Waals surface area contributed by atoms with Gasteiger partial charge in [0.25, 0.3) is 0 Å². The smallest absolute Gasteiger partial charge is 0.435 e. The molecule has 1 aromatic rings. The van der Waals surface area contributed by atoms with Crippen molar-refractivity contribution in [1.29, 1.82) is 0 Å². The highest BCUT2D eigenvalue weighted by atomic mass is 79.9. The molecule has 0 radical (unpaired) electrons. The predicted molar refractivity (Wildman–Crippen MR) is 59.1 cm³/mol. The second-order valence-electron chi connectivity index (χ2n) is 3.15. The first-order valence-corrected chi connectivity index (χ1v) is 5.29. The van der Waals surface area contributed by atoms with Crippen LogP contribution in [0.2, 0.25) is 0 Å². The van der Waals surface area contributed by atoms with Crippen LogP contribution in [0.1, 0.15) is 5.56 Å². The quantitative estimate of drug-likeness (QED) is 0.475. The maximum absolute atomic E-state index is 11.2. The van der Waals surface area contributed by atoms with Gasteiger partial charge in [-0.1, -0.05) is 12.1 Å². The monoisotopic (exact) mass is 254 g/mol. The van der Waals surface area contributed by atoms with E-state index in [9.17, 15) is 9.90 Å². The van der Waals surface area contributed by atoms with Gasteiger partial charge in [0.1, 0.15) is 6.20 Å². The number of carboxylic acid groups (broad SMARTS) is 1. The zero-order valence-corrected chi connectivity index (χ0v) is 8.94. The summed E-state index contributed by atoms with van der Waals surface area (Å²) < 4.78 is -0.170. The number of hydrogen-bond donors (Lipinski definition) is 1. The molecule has 0 spiro atoms. The van der Waals surface area contributed by atoms with E-state index in [1.165, 1.54) is 0 Å². The molecule has 1 amide bonds. The lowest BCUT2D eigenvalue weighted by Gasteiger charge is -2.22. The fourth-order valence-corrected chi connectivity index (χ4v) is 2.25. The minimum atomic E-state index is -0.872. The zero-order valence-electron chi connectivity index (χ0n) is 7.35. The van der Waals surface area contributed by atoms with Crippen LogP contribution in [0, 0.1) is 0 Å². The van der Waals surface area contributed by atoms with E-state index in [1.54, 1.807) is 6.20 Å². The molecule has 1 unspecified atom stereocenters. The molecule has 0 aliphatic carbocycles. The molecule has 1 N–H and O–H groups in total. The number of amides is 1. The largest absolute Gasteiger partial charge is 0.524 e. The molecule has 3 nitrogen and oxygen atoms in total. The van der Waals surface area contributed by atoms with Crippen LogP contribution < -0.4 is 4.48 Å². The van der Waals surface area contributed by atoms with Crippen LogP contribution in [0.4, 0.5) is 10.5 Å². The SMILES string of the molecule is O=C(O)[N+]1(CBr)C=Cc2ccccc21. The van der Waals surface area contributed by atoms with Crippen LogP contribution >= 0.6 is 15.9 Å². The molecule has 0 bridgehead atoms. The van der Waals surface area contributed by atoms with Crippen LogP contribution in [-0.2, 0) is 0 Å². The minimum absolute atomic E-state index is 0.170. The van der Waals surface area contributed by atoms with E-state index in [-0.39, 0.29) is 4.48 Å². The number of hydrogen-bond acceptors (Lipinski definition) is 1. The summed E-state index contributed by atoms with van der Waals surface area (Å²) in [5.74, 6) is 0. The summed E-state index contributed by atoms with van der Waals surface area (Å²) in [5, 5.41) is 9.20. The fourth-order valence-electron chi connectivity index (χ4n) is 1.60. The molecule has 14 heavy (non-hydrogen) atoms. The second kappa shape index (κ2) is 3.22. The van der Waals surface area contributed by atoms with Gasteiger partial charge in [-0.2, -0.15) is 9.28 Å². The summed E-state index contributed by atoms with van der Waals surface area (Å²) in [4.78, 5) is 11.2. The van der Waals surface area contributed by atoms with Crippen molar-refractivity contribution in [3.63, 3.8) is 0 Å². The number of para-hydroxylation sites is 1. The van der Waals surface area contributed by atoms with E-state index in [4.69, 9.17) is 0 Å². The van der Waals surface area contributed by atoms with Gasteiger partial charge >= 0.3 is 6.09 Å². The molecule has 72 valence electrons. The molecule has 1 aliphatic rings. The summed E-state index contributed by atoms with van der Waals surface area (Å²) in [6.07, 6.45) is 2.65. The van der Waals surface area contributed by atoms with E-state index in [2.05, 4.69) is 15.9 Å². The molecular weight excluding hydrogens is 246 g/mol. The summed E-state index contributed by atoms with van der Waals surface area (Å²) >= 11 is 3.24. The van der Waals surface area contributed by atoms with Crippen LogP contribution in [-0.4, -0.2) is 16.7 Å².